The fourth-order valence-electron chi connectivity index (χ4n) is 0.835. The van der Waals surface area contributed by atoms with Gasteiger partial charge in [-0.1, -0.05) is 12.2 Å². The minimum absolute atomic E-state index is 0.0556. The second-order valence-electron chi connectivity index (χ2n) is 2.91. The SMILES string of the molecule is NC(=S)CNC(=O)C(=O)Nc1ccc(=O)[nH]n1. The molecule has 17 heavy (non-hydrogen) atoms. The van der Waals surface area contributed by atoms with E-state index < -0.39 is 17.4 Å². The second-order valence-corrected chi connectivity index (χ2v) is 3.43. The molecule has 0 aliphatic carbocycles. The van der Waals surface area contributed by atoms with Gasteiger partial charge in [-0.25, -0.2) is 5.10 Å². The van der Waals surface area contributed by atoms with Crippen molar-refractivity contribution in [3.63, 3.8) is 0 Å². The smallest absolute Gasteiger partial charge is 0.314 e. The number of carbonyl (C=O) groups excluding carboxylic acids is 2. The molecule has 1 rings (SSSR count). The average molecular weight is 255 g/mol. The first kappa shape index (κ1) is 12.8. The number of rotatable bonds is 3. The van der Waals surface area contributed by atoms with Crippen LogP contribution >= 0.6 is 12.2 Å². The molecule has 0 aliphatic rings. The number of aromatic amines is 1. The Kier molecular flexibility index (Phi) is 4.29. The molecule has 0 unspecified atom stereocenters. The van der Waals surface area contributed by atoms with Crippen LogP contribution in [0, 0.1) is 0 Å². The lowest BCUT2D eigenvalue weighted by Gasteiger charge is -2.04. The summed E-state index contributed by atoms with van der Waals surface area (Å²) in [5.74, 6) is -1.77. The highest BCUT2D eigenvalue weighted by molar-refractivity contribution is 7.80. The fraction of sp³-hybridized carbons (Fsp3) is 0.125. The van der Waals surface area contributed by atoms with Gasteiger partial charge < -0.3 is 16.4 Å². The topological polar surface area (TPSA) is 130 Å². The third-order valence-electron chi connectivity index (χ3n) is 1.55. The van der Waals surface area contributed by atoms with Gasteiger partial charge in [0.15, 0.2) is 5.82 Å². The minimum Gasteiger partial charge on any atom is -0.392 e. The summed E-state index contributed by atoms with van der Waals surface area (Å²) in [7, 11) is 0. The summed E-state index contributed by atoms with van der Waals surface area (Å²) in [5, 5.41) is 9.97. The summed E-state index contributed by atoms with van der Waals surface area (Å²) in [6, 6.07) is 2.42. The predicted molar refractivity (Wildman–Crippen MR) is 63.3 cm³/mol. The Morgan fingerprint density at radius 2 is 2.12 bits per heavy atom. The average Bonchev–Trinajstić information content (AvgIpc) is 2.28. The Morgan fingerprint density at radius 1 is 1.41 bits per heavy atom. The van der Waals surface area contributed by atoms with Gasteiger partial charge in [-0.05, 0) is 6.07 Å². The number of H-pyrrole nitrogens is 1. The van der Waals surface area contributed by atoms with Crippen LogP contribution in [0.2, 0.25) is 0 Å². The lowest BCUT2D eigenvalue weighted by Crippen LogP contribution is -2.39. The van der Waals surface area contributed by atoms with Crippen LogP contribution in [-0.4, -0.2) is 33.5 Å². The van der Waals surface area contributed by atoms with Crippen molar-refractivity contribution in [1.29, 1.82) is 0 Å². The number of nitrogens with two attached hydrogens (primary N) is 1. The van der Waals surface area contributed by atoms with Crippen LogP contribution in [0.3, 0.4) is 0 Å². The molecule has 9 heteroatoms. The molecule has 1 aromatic rings. The van der Waals surface area contributed by atoms with Crippen LogP contribution in [-0.2, 0) is 9.59 Å². The molecule has 90 valence electrons. The van der Waals surface area contributed by atoms with Crippen LogP contribution < -0.4 is 21.9 Å². The van der Waals surface area contributed by atoms with Crippen LogP contribution in [0.15, 0.2) is 16.9 Å². The molecular formula is C8H9N5O3S. The van der Waals surface area contributed by atoms with Crippen molar-refractivity contribution in [3.8, 4) is 0 Å². The molecule has 0 atom stereocenters. The molecule has 0 aromatic carbocycles. The maximum absolute atomic E-state index is 11.3. The lowest BCUT2D eigenvalue weighted by atomic mass is 10.4. The third-order valence-corrected chi connectivity index (χ3v) is 1.69. The van der Waals surface area contributed by atoms with Gasteiger partial charge in [-0.3, -0.25) is 14.4 Å². The van der Waals surface area contributed by atoms with Gasteiger partial charge in [0.25, 0.3) is 5.56 Å². The van der Waals surface area contributed by atoms with Gasteiger partial charge in [0.2, 0.25) is 0 Å². The molecule has 0 bridgehead atoms. The van der Waals surface area contributed by atoms with Gasteiger partial charge in [0.05, 0.1) is 11.5 Å². The second kappa shape index (κ2) is 5.70. The van der Waals surface area contributed by atoms with Crippen molar-refractivity contribution < 1.29 is 9.59 Å². The zero-order valence-electron chi connectivity index (χ0n) is 8.52. The number of carbonyl (C=O) groups is 2. The molecular weight excluding hydrogens is 246 g/mol. The number of hydrogen-bond donors (Lipinski definition) is 4. The number of amides is 2. The van der Waals surface area contributed by atoms with E-state index in [4.69, 9.17) is 5.73 Å². The molecule has 0 fully saturated rings. The first-order chi connectivity index (χ1) is 7.99. The van der Waals surface area contributed by atoms with Crippen molar-refractivity contribution in [2.75, 3.05) is 11.9 Å². The van der Waals surface area contributed by atoms with Crippen molar-refractivity contribution in [1.82, 2.24) is 15.5 Å². The molecule has 0 saturated carbocycles. The Bertz CT molecular complexity index is 492. The molecule has 1 aromatic heterocycles. The Labute approximate surface area is 101 Å². The van der Waals surface area contributed by atoms with Crippen LogP contribution in [0.4, 0.5) is 5.82 Å². The molecule has 0 aliphatic heterocycles. The first-order valence-electron chi connectivity index (χ1n) is 4.42. The summed E-state index contributed by atoms with van der Waals surface area (Å²) in [4.78, 5) is 33.2. The third kappa shape index (κ3) is 4.38. The summed E-state index contributed by atoms with van der Waals surface area (Å²) in [6.07, 6.45) is 0. The molecule has 8 nitrogen and oxygen atoms in total. The molecule has 0 radical (unpaired) electrons. The van der Waals surface area contributed by atoms with E-state index in [9.17, 15) is 14.4 Å². The van der Waals surface area contributed by atoms with E-state index in [0.29, 0.717) is 0 Å². The fourth-order valence-corrected chi connectivity index (χ4v) is 0.907. The number of anilines is 1. The van der Waals surface area contributed by atoms with Gasteiger partial charge in [0, 0.05) is 6.07 Å². The van der Waals surface area contributed by atoms with Gasteiger partial charge in [0.1, 0.15) is 0 Å². The Hall–Kier alpha value is -2.29. The van der Waals surface area contributed by atoms with Crippen molar-refractivity contribution in [2.45, 2.75) is 0 Å². The van der Waals surface area contributed by atoms with Gasteiger partial charge in [-0.2, -0.15) is 5.10 Å². The van der Waals surface area contributed by atoms with E-state index in [1.165, 1.54) is 6.07 Å². The molecule has 5 N–H and O–H groups in total. The van der Waals surface area contributed by atoms with E-state index in [-0.39, 0.29) is 17.4 Å². The summed E-state index contributed by atoms with van der Waals surface area (Å²) in [6.45, 7) is -0.0688. The van der Waals surface area contributed by atoms with Crippen molar-refractivity contribution >= 4 is 34.8 Å². The highest BCUT2D eigenvalue weighted by atomic mass is 32.1. The minimum atomic E-state index is -0.930. The first-order valence-corrected chi connectivity index (χ1v) is 4.83. The Morgan fingerprint density at radius 3 is 2.65 bits per heavy atom. The number of aromatic nitrogens is 2. The van der Waals surface area contributed by atoms with Crippen molar-refractivity contribution in [2.24, 2.45) is 5.73 Å². The number of nitrogens with zero attached hydrogens (tertiary/aromatic N) is 1. The molecule has 0 saturated heterocycles. The molecule has 1 heterocycles. The zero-order chi connectivity index (χ0) is 12.8. The lowest BCUT2D eigenvalue weighted by molar-refractivity contribution is -0.136. The van der Waals surface area contributed by atoms with Crippen molar-refractivity contribution in [3.05, 3.63) is 22.5 Å². The number of thiocarbonyl (C=S) groups is 1. The van der Waals surface area contributed by atoms with E-state index in [0.717, 1.165) is 6.07 Å². The van der Waals surface area contributed by atoms with E-state index in [1.807, 2.05) is 0 Å². The normalized spacial score (nSPS) is 9.41. The number of hydrogen-bond acceptors (Lipinski definition) is 5. The van der Waals surface area contributed by atoms with E-state index in [1.54, 1.807) is 0 Å². The maximum atomic E-state index is 11.3. The highest BCUT2D eigenvalue weighted by Crippen LogP contribution is 1.94. The van der Waals surface area contributed by atoms with Gasteiger partial charge in [-0.15, -0.1) is 0 Å². The largest absolute Gasteiger partial charge is 0.392 e. The van der Waals surface area contributed by atoms with Gasteiger partial charge >= 0.3 is 11.8 Å². The van der Waals surface area contributed by atoms with Crippen LogP contribution in [0.5, 0.6) is 0 Å². The highest BCUT2D eigenvalue weighted by Gasteiger charge is 2.13. The maximum Gasteiger partial charge on any atom is 0.314 e. The summed E-state index contributed by atoms with van der Waals surface area (Å²) < 4.78 is 0. The predicted octanol–water partition coefficient (Wildman–Crippen LogP) is -1.89. The molecule has 0 spiro atoms. The van der Waals surface area contributed by atoms with Crippen LogP contribution in [0.1, 0.15) is 0 Å². The zero-order valence-corrected chi connectivity index (χ0v) is 9.34. The number of nitrogens with one attached hydrogen (secondary N) is 3. The van der Waals surface area contributed by atoms with E-state index in [2.05, 4.69) is 33.0 Å². The quantitative estimate of drug-likeness (QED) is 0.369. The summed E-state index contributed by atoms with van der Waals surface area (Å²) in [5.41, 5.74) is 4.73. The van der Waals surface area contributed by atoms with E-state index >= 15 is 0 Å². The molecule has 2 amide bonds. The Balaban J connectivity index is 2.54. The standard InChI is InChI=1S/C8H9N5O3S/c9-4(17)3-10-7(15)8(16)11-5-1-2-6(14)13-12-5/h1-2H,3H2,(H2,9,17)(H,10,15)(H,13,14)(H,11,12,16). The monoisotopic (exact) mass is 255 g/mol. The van der Waals surface area contributed by atoms with Crippen LogP contribution in [0.25, 0.3) is 0 Å². The summed E-state index contributed by atoms with van der Waals surface area (Å²) >= 11 is 4.52.